The van der Waals surface area contributed by atoms with Crippen molar-refractivity contribution in [3.8, 4) is 0 Å². The van der Waals surface area contributed by atoms with Crippen LogP contribution in [0, 0.1) is 0 Å². The minimum Gasteiger partial charge on any atom is -0.346 e. The van der Waals surface area contributed by atoms with Crippen LogP contribution in [0.4, 0.5) is 0 Å². The van der Waals surface area contributed by atoms with Crippen LogP contribution in [0.15, 0.2) is 18.5 Å². The first-order valence-corrected chi connectivity index (χ1v) is 8.87. The topological polar surface area (TPSA) is 50.2 Å². The van der Waals surface area contributed by atoms with Crippen molar-refractivity contribution in [3.05, 3.63) is 24.0 Å². The van der Waals surface area contributed by atoms with Crippen LogP contribution in [-0.4, -0.2) is 45.8 Å². The van der Waals surface area contributed by atoms with Gasteiger partial charge in [0.15, 0.2) is 0 Å². The van der Waals surface area contributed by atoms with Crippen LogP contribution in [0.5, 0.6) is 0 Å². The fraction of sp³-hybridized carbons (Fsp3) is 0.667. The number of hydrogen-bond donors (Lipinski definition) is 1. The molecule has 0 aromatic carbocycles. The van der Waals surface area contributed by atoms with Crippen molar-refractivity contribution < 1.29 is 4.79 Å². The molecule has 5 nitrogen and oxygen atoms in total. The van der Waals surface area contributed by atoms with Gasteiger partial charge in [-0.2, -0.15) is 5.10 Å². The summed E-state index contributed by atoms with van der Waals surface area (Å²) in [6.07, 6.45) is 15.7. The molecule has 1 aliphatic heterocycles. The second-order valence-corrected chi connectivity index (χ2v) is 7.09. The Bertz CT molecular complexity index is 551. The average Bonchev–Trinajstić information content (AvgIpc) is 3.17. The molecule has 3 rings (SSSR count). The summed E-state index contributed by atoms with van der Waals surface area (Å²) in [5.41, 5.74) is 0.929. The van der Waals surface area contributed by atoms with Crippen LogP contribution >= 0.6 is 0 Å². The second kappa shape index (κ2) is 7.30. The van der Waals surface area contributed by atoms with E-state index < -0.39 is 0 Å². The molecule has 2 heterocycles. The SMILES string of the molecule is Cn1cc(/C=C/C(=O)NC2(CN3CCCC3)CCCCC2)cn1. The molecule has 1 saturated heterocycles. The van der Waals surface area contributed by atoms with Crippen LogP contribution in [-0.2, 0) is 11.8 Å². The van der Waals surface area contributed by atoms with Crippen molar-refractivity contribution in [1.29, 1.82) is 0 Å². The van der Waals surface area contributed by atoms with E-state index in [1.807, 2.05) is 19.3 Å². The van der Waals surface area contributed by atoms with Crippen molar-refractivity contribution in [3.63, 3.8) is 0 Å². The Kier molecular flexibility index (Phi) is 5.16. The molecule has 2 aliphatic rings. The lowest BCUT2D eigenvalue weighted by Crippen LogP contribution is -2.55. The van der Waals surface area contributed by atoms with Gasteiger partial charge in [-0.25, -0.2) is 0 Å². The molecular formula is C18H28N4O. The van der Waals surface area contributed by atoms with Crippen LogP contribution in [0.1, 0.15) is 50.5 Å². The normalized spacial score (nSPS) is 21.8. The standard InChI is InChI=1S/C18H28N4O/c1-21-14-16(13-19-21)7-8-17(23)20-18(9-3-2-4-10-18)15-22-11-5-6-12-22/h7-8,13-14H,2-6,9-12,15H2,1H3,(H,20,23)/b8-7+. The van der Waals surface area contributed by atoms with Crippen LogP contribution < -0.4 is 5.32 Å². The van der Waals surface area contributed by atoms with Gasteiger partial charge in [0.1, 0.15) is 0 Å². The largest absolute Gasteiger partial charge is 0.346 e. The Balaban J connectivity index is 1.62. The maximum absolute atomic E-state index is 12.4. The predicted molar refractivity (Wildman–Crippen MR) is 91.9 cm³/mol. The fourth-order valence-corrected chi connectivity index (χ4v) is 3.92. The minimum absolute atomic E-state index is 0.0231. The summed E-state index contributed by atoms with van der Waals surface area (Å²) >= 11 is 0. The quantitative estimate of drug-likeness (QED) is 0.848. The maximum Gasteiger partial charge on any atom is 0.244 e. The molecule has 0 unspecified atom stereocenters. The molecule has 1 N–H and O–H groups in total. The van der Waals surface area contributed by atoms with Gasteiger partial charge in [0.05, 0.1) is 11.7 Å². The third kappa shape index (κ3) is 4.44. The number of carbonyl (C=O) groups excluding carboxylic acids is 1. The monoisotopic (exact) mass is 316 g/mol. The lowest BCUT2D eigenvalue weighted by molar-refractivity contribution is -0.119. The third-order valence-electron chi connectivity index (χ3n) is 5.08. The highest BCUT2D eigenvalue weighted by atomic mass is 16.1. The Morgan fingerprint density at radius 2 is 2.00 bits per heavy atom. The predicted octanol–water partition coefficient (Wildman–Crippen LogP) is 2.35. The van der Waals surface area contributed by atoms with Gasteiger partial charge < -0.3 is 10.2 Å². The number of rotatable bonds is 5. The van der Waals surface area contributed by atoms with Gasteiger partial charge in [0, 0.05) is 31.4 Å². The van der Waals surface area contributed by atoms with E-state index in [4.69, 9.17) is 0 Å². The van der Waals surface area contributed by atoms with E-state index in [9.17, 15) is 4.79 Å². The molecule has 1 saturated carbocycles. The van der Waals surface area contributed by atoms with Gasteiger partial charge in [-0.05, 0) is 44.8 Å². The van der Waals surface area contributed by atoms with Crippen LogP contribution in [0.25, 0.3) is 6.08 Å². The van der Waals surface area contributed by atoms with Crippen molar-refractivity contribution in [1.82, 2.24) is 20.0 Å². The van der Waals surface area contributed by atoms with Crippen molar-refractivity contribution in [2.24, 2.45) is 7.05 Å². The molecule has 23 heavy (non-hydrogen) atoms. The molecule has 2 fully saturated rings. The number of aromatic nitrogens is 2. The molecule has 1 aliphatic carbocycles. The lowest BCUT2D eigenvalue weighted by atomic mass is 9.81. The number of nitrogens with one attached hydrogen (secondary N) is 1. The number of aryl methyl sites for hydroxylation is 1. The summed E-state index contributed by atoms with van der Waals surface area (Å²) in [5.74, 6) is 0.0231. The molecule has 1 amide bonds. The Hall–Kier alpha value is -1.62. The first-order valence-electron chi connectivity index (χ1n) is 8.87. The molecule has 126 valence electrons. The Morgan fingerprint density at radius 3 is 2.65 bits per heavy atom. The zero-order valence-electron chi connectivity index (χ0n) is 14.1. The van der Waals surface area contributed by atoms with Gasteiger partial charge in [0.25, 0.3) is 0 Å². The fourth-order valence-electron chi connectivity index (χ4n) is 3.92. The number of amides is 1. The van der Waals surface area contributed by atoms with Crippen molar-refractivity contribution >= 4 is 12.0 Å². The van der Waals surface area contributed by atoms with Crippen molar-refractivity contribution in [2.45, 2.75) is 50.5 Å². The van der Waals surface area contributed by atoms with E-state index in [1.165, 1.54) is 45.2 Å². The van der Waals surface area contributed by atoms with E-state index >= 15 is 0 Å². The summed E-state index contributed by atoms with van der Waals surface area (Å²) in [7, 11) is 1.88. The number of nitrogens with zero attached hydrogens (tertiary/aromatic N) is 3. The zero-order chi connectivity index (χ0) is 16.1. The highest BCUT2D eigenvalue weighted by molar-refractivity contribution is 5.92. The first-order chi connectivity index (χ1) is 11.2. The van der Waals surface area contributed by atoms with Gasteiger partial charge in [-0.3, -0.25) is 9.48 Å². The molecule has 0 atom stereocenters. The van der Waals surface area contributed by atoms with E-state index in [-0.39, 0.29) is 11.4 Å². The van der Waals surface area contributed by atoms with Gasteiger partial charge in [-0.15, -0.1) is 0 Å². The molecule has 1 aromatic heterocycles. The highest BCUT2D eigenvalue weighted by Crippen LogP contribution is 2.30. The number of carbonyl (C=O) groups is 1. The van der Waals surface area contributed by atoms with Crippen LogP contribution in [0.3, 0.4) is 0 Å². The maximum atomic E-state index is 12.4. The number of likely N-dealkylation sites (tertiary alicyclic amines) is 1. The Morgan fingerprint density at radius 1 is 1.26 bits per heavy atom. The van der Waals surface area contributed by atoms with Crippen LogP contribution in [0.2, 0.25) is 0 Å². The smallest absolute Gasteiger partial charge is 0.244 e. The zero-order valence-corrected chi connectivity index (χ0v) is 14.1. The van der Waals surface area contributed by atoms with Gasteiger partial charge >= 0.3 is 0 Å². The van der Waals surface area contributed by atoms with E-state index in [0.717, 1.165) is 24.9 Å². The summed E-state index contributed by atoms with van der Waals surface area (Å²) in [6.45, 7) is 3.38. The number of hydrogen-bond acceptors (Lipinski definition) is 3. The molecule has 0 bridgehead atoms. The lowest BCUT2D eigenvalue weighted by Gasteiger charge is -2.40. The second-order valence-electron chi connectivity index (χ2n) is 7.09. The van der Waals surface area contributed by atoms with Gasteiger partial charge in [-0.1, -0.05) is 19.3 Å². The molecule has 0 radical (unpaired) electrons. The average molecular weight is 316 g/mol. The third-order valence-corrected chi connectivity index (χ3v) is 5.08. The minimum atomic E-state index is -0.0288. The van der Waals surface area contributed by atoms with E-state index in [2.05, 4.69) is 15.3 Å². The summed E-state index contributed by atoms with van der Waals surface area (Å²) < 4.78 is 1.74. The molecule has 0 spiro atoms. The van der Waals surface area contributed by atoms with E-state index in [0.29, 0.717) is 0 Å². The summed E-state index contributed by atoms with van der Waals surface area (Å²) in [5, 5.41) is 7.46. The van der Waals surface area contributed by atoms with E-state index in [1.54, 1.807) is 17.0 Å². The molecule has 1 aromatic rings. The molecule has 5 heteroatoms. The first kappa shape index (κ1) is 16.2. The highest BCUT2D eigenvalue weighted by Gasteiger charge is 2.35. The summed E-state index contributed by atoms with van der Waals surface area (Å²) in [4.78, 5) is 15.0. The Labute approximate surface area is 138 Å². The summed E-state index contributed by atoms with van der Waals surface area (Å²) in [6, 6.07) is 0. The van der Waals surface area contributed by atoms with Gasteiger partial charge in [0.2, 0.25) is 5.91 Å². The van der Waals surface area contributed by atoms with Crippen molar-refractivity contribution in [2.75, 3.05) is 19.6 Å². The molecular weight excluding hydrogens is 288 g/mol.